The van der Waals surface area contributed by atoms with Crippen LogP contribution in [-0.2, 0) is 6.42 Å². The minimum atomic E-state index is 0.880. The molecular formula is C12H15N. The van der Waals surface area contributed by atoms with E-state index in [2.05, 4.69) is 23.5 Å². The van der Waals surface area contributed by atoms with Crippen LogP contribution >= 0.6 is 0 Å². The molecule has 0 atom stereocenters. The molecule has 1 aliphatic heterocycles. The van der Waals surface area contributed by atoms with Gasteiger partial charge in [0.1, 0.15) is 0 Å². The maximum Gasteiger partial charge on any atom is 0.0373 e. The normalized spacial score (nSPS) is 20.6. The van der Waals surface area contributed by atoms with E-state index in [4.69, 9.17) is 0 Å². The molecule has 0 saturated heterocycles. The number of fused-ring (bicyclic) bond motifs is 1. The molecule has 1 aromatic rings. The summed E-state index contributed by atoms with van der Waals surface area (Å²) in [5.41, 5.74) is 4.47. The minimum absolute atomic E-state index is 0.880. The molecular weight excluding hydrogens is 158 g/mol. The first-order chi connectivity index (χ1) is 6.43. The summed E-state index contributed by atoms with van der Waals surface area (Å²) < 4.78 is 0. The standard InChI is InChI=1S/C12H15N/c1-2-9(3-1)10-4-5-12-11(8-10)6-7-13-12/h4-5,8-9,13H,1-3,6-7H2. The highest BCUT2D eigenvalue weighted by Crippen LogP contribution is 2.38. The Kier molecular flexibility index (Phi) is 1.58. The molecule has 0 amide bonds. The zero-order valence-corrected chi connectivity index (χ0v) is 7.84. The molecule has 0 bridgehead atoms. The Morgan fingerprint density at radius 2 is 2.15 bits per heavy atom. The summed E-state index contributed by atoms with van der Waals surface area (Å²) in [4.78, 5) is 0. The van der Waals surface area contributed by atoms with Crippen molar-refractivity contribution in [1.29, 1.82) is 0 Å². The SMILES string of the molecule is c1cc2c(cc1C1CCC1)CCN2. The molecule has 1 nitrogen and oxygen atoms in total. The predicted octanol–water partition coefficient (Wildman–Crippen LogP) is 2.92. The van der Waals surface area contributed by atoms with Gasteiger partial charge in [0.05, 0.1) is 0 Å². The van der Waals surface area contributed by atoms with E-state index in [9.17, 15) is 0 Å². The fourth-order valence-electron chi connectivity index (χ4n) is 2.32. The topological polar surface area (TPSA) is 12.0 Å². The van der Waals surface area contributed by atoms with Crippen LogP contribution in [0.5, 0.6) is 0 Å². The number of hydrogen-bond donors (Lipinski definition) is 1. The summed E-state index contributed by atoms with van der Waals surface area (Å²) in [6.45, 7) is 1.13. The summed E-state index contributed by atoms with van der Waals surface area (Å²) in [7, 11) is 0. The third-order valence-electron chi connectivity index (χ3n) is 3.42. The molecule has 0 spiro atoms. The molecule has 68 valence electrons. The summed E-state index contributed by atoms with van der Waals surface area (Å²) in [5, 5.41) is 3.40. The highest BCUT2D eigenvalue weighted by molar-refractivity contribution is 5.57. The van der Waals surface area contributed by atoms with Crippen LogP contribution in [-0.4, -0.2) is 6.54 Å². The first kappa shape index (κ1) is 7.43. The molecule has 1 heteroatoms. The van der Waals surface area contributed by atoms with Gasteiger partial charge in [-0.05, 0) is 42.4 Å². The molecule has 1 aromatic carbocycles. The number of hydrogen-bond acceptors (Lipinski definition) is 1. The van der Waals surface area contributed by atoms with Crippen molar-refractivity contribution in [3.63, 3.8) is 0 Å². The summed E-state index contributed by atoms with van der Waals surface area (Å²) in [6, 6.07) is 6.98. The van der Waals surface area contributed by atoms with Crippen LogP contribution in [0.3, 0.4) is 0 Å². The monoisotopic (exact) mass is 173 g/mol. The number of anilines is 1. The van der Waals surface area contributed by atoms with Crippen LogP contribution in [0.2, 0.25) is 0 Å². The summed E-state index contributed by atoms with van der Waals surface area (Å²) in [5.74, 6) is 0.880. The summed E-state index contributed by atoms with van der Waals surface area (Å²) in [6.07, 6.45) is 5.47. The number of nitrogens with one attached hydrogen (secondary N) is 1. The maximum atomic E-state index is 3.40. The van der Waals surface area contributed by atoms with Crippen LogP contribution in [0.4, 0.5) is 5.69 Å². The van der Waals surface area contributed by atoms with Gasteiger partial charge in [-0.3, -0.25) is 0 Å². The summed E-state index contributed by atoms with van der Waals surface area (Å²) >= 11 is 0. The maximum absolute atomic E-state index is 3.40. The van der Waals surface area contributed by atoms with Crippen molar-refractivity contribution in [2.45, 2.75) is 31.6 Å². The molecule has 1 fully saturated rings. The van der Waals surface area contributed by atoms with Gasteiger partial charge in [0.2, 0.25) is 0 Å². The van der Waals surface area contributed by atoms with Gasteiger partial charge in [0, 0.05) is 12.2 Å². The van der Waals surface area contributed by atoms with Crippen LogP contribution in [0.15, 0.2) is 18.2 Å². The number of rotatable bonds is 1. The fourth-order valence-corrected chi connectivity index (χ4v) is 2.32. The van der Waals surface area contributed by atoms with Gasteiger partial charge in [0.25, 0.3) is 0 Å². The van der Waals surface area contributed by atoms with Gasteiger partial charge in [-0.2, -0.15) is 0 Å². The zero-order valence-electron chi connectivity index (χ0n) is 7.84. The van der Waals surface area contributed by atoms with E-state index in [0.717, 1.165) is 12.5 Å². The molecule has 0 aromatic heterocycles. The molecule has 1 heterocycles. The van der Waals surface area contributed by atoms with E-state index >= 15 is 0 Å². The van der Waals surface area contributed by atoms with Gasteiger partial charge >= 0.3 is 0 Å². The minimum Gasteiger partial charge on any atom is -0.384 e. The van der Waals surface area contributed by atoms with Crippen molar-refractivity contribution in [1.82, 2.24) is 0 Å². The van der Waals surface area contributed by atoms with Crippen molar-refractivity contribution in [2.24, 2.45) is 0 Å². The van der Waals surface area contributed by atoms with E-state index in [1.165, 1.54) is 36.9 Å². The fraction of sp³-hybridized carbons (Fsp3) is 0.500. The van der Waals surface area contributed by atoms with Crippen molar-refractivity contribution in [3.05, 3.63) is 29.3 Å². The van der Waals surface area contributed by atoms with Crippen LogP contribution in [0.25, 0.3) is 0 Å². The van der Waals surface area contributed by atoms with E-state index in [0.29, 0.717) is 0 Å². The Hall–Kier alpha value is -0.980. The first-order valence-corrected chi connectivity index (χ1v) is 5.30. The van der Waals surface area contributed by atoms with Gasteiger partial charge in [-0.1, -0.05) is 18.6 Å². The third-order valence-corrected chi connectivity index (χ3v) is 3.42. The second-order valence-corrected chi connectivity index (χ2v) is 4.22. The Balaban J connectivity index is 1.95. The van der Waals surface area contributed by atoms with Crippen molar-refractivity contribution in [3.8, 4) is 0 Å². The lowest BCUT2D eigenvalue weighted by Gasteiger charge is -2.26. The highest BCUT2D eigenvalue weighted by atomic mass is 14.9. The van der Waals surface area contributed by atoms with Crippen LogP contribution < -0.4 is 5.32 Å². The molecule has 13 heavy (non-hydrogen) atoms. The molecule has 0 unspecified atom stereocenters. The Morgan fingerprint density at radius 3 is 2.92 bits per heavy atom. The van der Waals surface area contributed by atoms with E-state index < -0.39 is 0 Å². The lowest BCUT2D eigenvalue weighted by Crippen LogP contribution is -2.08. The quantitative estimate of drug-likeness (QED) is 0.688. The van der Waals surface area contributed by atoms with Gasteiger partial charge in [-0.15, -0.1) is 0 Å². The van der Waals surface area contributed by atoms with Crippen molar-refractivity contribution >= 4 is 5.69 Å². The first-order valence-electron chi connectivity index (χ1n) is 5.30. The molecule has 0 radical (unpaired) electrons. The highest BCUT2D eigenvalue weighted by Gasteiger charge is 2.20. The molecule has 3 rings (SSSR count). The van der Waals surface area contributed by atoms with E-state index in [-0.39, 0.29) is 0 Å². The van der Waals surface area contributed by atoms with Crippen molar-refractivity contribution < 1.29 is 0 Å². The van der Waals surface area contributed by atoms with Crippen LogP contribution in [0.1, 0.15) is 36.3 Å². The predicted molar refractivity (Wildman–Crippen MR) is 55.2 cm³/mol. The molecule has 1 saturated carbocycles. The zero-order chi connectivity index (χ0) is 8.67. The van der Waals surface area contributed by atoms with Crippen molar-refractivity contribution in [2.75, 3.05) is 11.9 Å². The second-order valence-electron chi connectivity index (χ2n) is 4.22. The average molecular weight is 173 g/mol. The second kappa shape index (κ2) is 2.76. The lowest BCUT2D eigenvalue weighted by atomic mass is 9.79. The third kappa shape index (κ3) is 1.14. The smallest absolute Gasteiger partial charge is 0.0373 e. The molecule has 1 N–H and O–H groups in total. The lowest BCUT2D eigenvalue weighted by molar-refractivity contribution is 0.419. The Bertz CT molecular complexity index is 326. The Labute approximate surface area is 79.2 Å². The largest absolute Gasteiger partial charge is 0.384 e. The van der Waals surface area contributed by atoms with E-state index in [1.807, 2.05) is 0 Å². The number of benzene rings is 1. The Morgan fingerprint density at radius 1 is 1.23 bits per heavy atom. The average Bonchev–Trinajstić information content (AvgIpc) is 2.47. The van der Waals surface area contributed by atoms with E-state index in [1.54, 1.807) is 5.56 Å². The van der Waals surface area contributed by atoms with Gasteiger partial charge in [0.15, 0.2) is 0 Å². The van der Waals surface area contributed by atoms with Gasteiger partial charge in [-0.25, -0.2) is 0 Å². The van der Waals surface area contributed by atoms with Gasteiger partial charge < -0.3 is 5.32 Å². The molecule has 2 aliphatic rings. The van der Waals surface area contributed by atoms with Crippen LogP contribution in [0, 0.1) is 0 Å². The molecule has 1 aliphatic carbocycles.